The quantitative estimate of drug-likeness (QED) is 0.242. The molecule has 1 aromatic carbocycles. The molecule has 1 amide bonds. The molecule has 4 aromatic heterocycles. The summed E-state index contributed by atoms with van der Waals surface area (Å²) in [6, 6.07) is 11.2. The van der Waals surface area contributed by atoms with Crippen molar-refractivity contribution in [2.24, 2.45) is 7.05 Å². The molecule has 1 N–H and O–H groups in total. The van der Waals surface area contributed by atoms with E-state index in [1.54, 1.807) is 24.7 Å². The van der Waals surface area contributed by atoms with Crippen molar-refractivity contribution in [3.8, 4) is 11.5 Å². The van der Waals surface area contributed by atoms with Crippen LogP contribution in [-0.4, -0.2) is 52.4 Å². The first-order valence-electron chi connectivity index (χ1n) is 13.3. The van der Waals surface area contributed by atoms with Crippen LogP contribution in [0.15, 0.2) is 67.9 Å². The number of likely N-dealkylation sites (tertiary alicyclic amines) is 1. The number of pyridine rings is 2. The van der Waals surface area contributed by atoms with Crippen LogP contribution in [0.2, 0.25) is 5.02 Å². The molecule has 0 radical (unpaired) electrons. The molecule has 0 bridgehead atoms. The highest BCUT2D eigenvalue weighted by Crippen LogP contribution is 2.38. The zero-order valence-electron chi connectivity index (χ0n) is 23.0. The van der Waals surface area contributed by atoms with Gasteiger partial charge >= 0.3 is 0 Å². The van der Waals surface area contributed by atoms with Gasteiger partial charge in [0.1, 0.15) is 28.9 Å². The average Bonchev–Trinajstić information content (AvgIpc) is 3.33. The number of ether oxygens (including phenoxy) is 1. The number of halogens is 1. The molecule has 11 heteroatoms. The lowest BCUT2D eigenvalue weighted by Crippen LogP contribution is -2.51. The van der Waals surface area contributed by atoms with E-state index in [9.17, 15) is 4.79 Å². The fraction of sp³-hybridized carbons (Fsp3) is 0.267. The van der Waals surface area contributed by atoms with E-state index in [-0.39, 0.29) is 17.4 Å². The van der Waals surface area contributed by atoms with Gasteiger partial charge in [0.15, 0.2) is 11.5 Å². The molecular weight excluding hydrogens is 540 g/mol. The predicted octanol–water partition coefficient (Wildman–Crippen LogP) is 6.17. The molecule has 1 aliphatic rings. The number of fused-ring (bicyclic) bond motifs is 2. The van der Waals surface area contributed by atoms with Gasteiger partial charge in [0, 0.05) is 42.5 Å². The molecular formula is C30H29ClN8O2. The first-order valence-corrected chi connectivity index (χ1v) is 13.7. The smallest absolute Gasteiger partial charge is 0.246 e. The van der Waals surface area contributed by atoms with Crippen molar-refractivity contribution in [3.05, 3.63) is 78.6 Å². The number of anilines is 2. The summed E-state index contributed by atoms with van der Waals surface area (Å²) in [5.41, 5.74) is 4.28. The molecule has 6 rings (SSSR count). The lowest BCUT2D eigenvalue weighted by atomic mass is 9.80. The highest BCUT2D eigenvalue weighted by atomic mass is 35.5. The number of nitrogens with one attached hydrogen (secondary N) is 1. The summed E-state index contributed by atoms with van der Waals surface area (Å²) in [7, 11) is 1.89. The molecule has 1 fully saturated rings. The van der Waals surface area contributed by atoms with Gasteiger partial charge in [-0.3, -0.25) is 4.79 Å². The lowest BCUT2D eigenvalue weighted by molar-refractivity contribution is -0.133. The summed E-state index contributed by atoms with van der Waals surface area (Å²) in [5, 5.41) is 3.76. The van der Waals surface area contributed by atoms with Gasteiger partial charge in [-0.15, -0.1) is 0 Å². The average molecular weight is 569 g/mol. The second-order valence-electron chi connectivity index (χ2n) is 10.8. The Balaban J connectivity index is 1.23. The molecule has 1 saturated heterocycles. The van der Waals surface area contributed by atoms with E-state index in [0.717, 1.165) is 40.9 Å². The number of carbonyl (C=O) groups excluding carboxylic acids is 1. The van der Waals surface area contributed by atoms with Gasteiger partial charge in [0.05, 0.1) is 23.1 Å². The number of aromatic nitrogens is 6. The number of hydrogen-bond acceptors (Lipinski definition) is 8. The molecule has 0 unspecified atom stereocenters. The Labute approximate surface area is 242 Å². The maximum absolute atomic E-state index is 12.3. The summed E-state index contributed by atoms with van der Waals surface area (Å²) in [5.74, 6) is 1.76. The van der Waals surface area contributed by atoms with E-state index in [2.05, 4.69) is 45.7 Å². The summed E-state index contributed by atoms with van der Waals surface area (Å²) in [6.45, 7) is 8.47. The van der Waals surface area contributed by atoms with Gasteiger partial charge in [0.25, 0.3) is 0 Å². The first-order chi connectivity index (χ1) is 19.7. The summed E-state index contributed by atoms with van der Waals surface area (Å²) >= 11 is 6.60. The number of benzene rings is 1. The van der Waals surface area contributed by atoms with Crippen LogP contribution in [0, 0.1) is 0 Å². The van der Waals surface area contributed by atoms with Crippen LogP contribution in [0.4, 0.5) is 11.5 Å². The van der Waals surface area contributed by atoms with Gasteiger partial charge < -0.3 is 19.5 Å². The standard InChI is InChI=1S/C30H29ClN8O2/c1-5-26(40)39-11-10-18(14-30(39,2)3)22-7-8-23-27(37-22)28(34-16-33-23)36-19-6-9-25(21(31)12-19)41-20-13-24-29(32-15-20)38(4)17-35-24/h5-9,12-13,15-18H,1,10-11,14H2,2-4H3,(H,33,34,36)/t18-/m0/s1. The molecule has 0 saturated carbocycles. The molecule has 5 heterocycles. The van der Waals surface area contributed by atoms with Crippen molar-refractivity contribution in [2.45, 2.75) is 38.1 Å². The third-order valence-corrected chi connectivity index (χ3v) is 7.78. The Morgan fingerprint density at radius 2 is 2.00 bits per heavy atom. The van der Waals surface area contributed by atoms with E-state index in [1.165, 1.54) is 12.4 Å². The Morgan fingerprint density at radius 3 is 2.78 bits per heavy atom. The normalized spacial score (nSPS) is 16.6. The molecule has 10 nitrogen and oxygen atoms in total. The van der Waals surface area contributed by atoms with Crippen LogP contribution in [0.5, 0.6) is 11.5 Å². The Morgan fingerprint density at radius 1 is 1.15 bits per heavy atom. The molecule has 1 aliphatic heterocycles. The predicted molar refractivity (Wildman–Crippen MR) is 159 cm³/mol. The largest absolute Gasteiger partial charge is 0.454 e. The van der Waals surface area contributed by atoms with Gasteiger partial charge in [-0.1, -0.05) is 18.2 Å². The van der Waals surface area contributed by atoms with E-state index < -0.39 is 0 Å². The minimum Gasteiger partial charge on any atom is -0.454 e. The Kier molecular flexibility index (Phi) is 6.78. The Bertz CT molecular complexity index is 1800. The number of carbonyl (C=O) groups is 1. The van der Waals surface area contributed by atoms with E-state index in [0.29, 0.717) is 34.4 Å². The van der Waals surface area contributed by atoms with Crippen LogP contribution >= 0.6 is 11.6 Å². The maximum atomic E-state index is 12.3. The topological polar surface area (TPSA) is 111 Å². The van der Waals surface area contributed by atoms with E-state index in [1.807, 2.05) is 40.8 Å². The number of nitrogens with zero attached hydrogens (tertiary/aromatic N) is 7. The van der Waals surface area contributed by atoms with Gasteiger partial charge in [-0.05, 0) is 63.1 Å². The van der Waals surface area contributed by atoms with Gasteiger partial charge in [0.2, 0.25) is 5.91 Å². The number of aryl methyl sites for hydroxylation is 1. The number of rotatable bonds is 6. The van der Waals surface area contributed by atoms with Crippen molar-refractivity contribution in [1.82, 2.24) is 34.4 Å². The van der Waals surface area contributed by atoms with Crippen molar-refractivity contribution in [3.63, 3.8) is 0 Å². The second-order valence-corrected chi connectivity index (χ2v) is 11.2. The number of hydrogen-bond donors (Lipinski definition) is 1. The molecule has 41 heavy (non-hydrogen) atoms. The molecule has 0 spiro atoms. The highest BCUT2D eigenvalue weighted by Gasteiger charge is 2.37. The van der Waals surface area contributed by atoms with Gasteiger partial charge in [-0.2, -0.15) is 0 Å². The zero-order valence-corrected chi connectivity index (χ0v) is 23.8. The zero-order chi connectivity index (χ0) is 28.7. The minimum absolute atomic E-state index is 0.0409. The third kappa shape index (κ3) is 5.18. The SMILES string of the molecule is C=CC(=O)N1CC[C@H](c2ccc3ncnc(Nc4ccc(Oc5cnc6c(c5)ncn6C)c(Cl)c4)c3n2)CC1(C)C. The number of piperidine rings is 1. The molecule has 5 aromatic rings. The second kappa shape index (κ2) is 10.4. The van der Waals surface area contributed by atoms with Crippen molar-refractivity contribution >= 4 is 51.2 Å². The van der Waals surface area contributed by atoms with Crippen LogP contribution in [0.25, 0.3) is 22.2 Å². The van der Waals surface area contributed by atoms with Crippen LogP contribution < -0.4 is 10.1 Å². The monoisotopic (exact) mass is 568 g/mol. The van der Waals surface area contributed by atoms with Crippen LogP contribution in [0.3, 0.4) is 0 Å². The van der Waals surface area contributed by atoms with Crippen molar-refractivity contribution in [2.75, 3.05) is 11.9 Å². The number of imidazole rings is 1. The van der Waals surface area contributed by atoms with Gasteiger partial charge in [-0.25, -0.2) is 24.9 Å². The third-order valence-electron chi connectivity index (χ3n) is 7.49. The van der Waals surface area contributed by atoms with Crippen molar-refractivity contribution < 1.29 is 9.53 Å². The molecule has 1 atom stereocenters. The summed E-state index contributed by atoms with van der Waals surface area (Å²) in [4.78, 5) is 36.8. The van der Waals surface area contributed by atoms with E-state index >= 15 is 0 Å². The maximum Gasteiger partial charge on any atom is 0.246 e. The lowest BCUT2D eigenvalue weighted by Gasteiger charge is -2.45. The molecule has 0 aliphatic carbocycles. The van der Waals surface area contributed by atoms with Crippen molar-refractivity contribution in [1.29, 1.82) is 0 Å². The highest BCUT2D eigenvalue weighted by molar-refractivity contribution is 6.32. The van der Waals surface area contributed by atoms with Crippen LogP contribution in [0.1, 0.15) is 38.3 Å². The summed E-state index contributed by atoms with van der Waals surface area (Å²) in [6.07, 6.45) is 7.85. The fourth-order valence-corrected chi connectivity index (χ4v) is 5.65. The fourth-order valence-electron chi connectivity index (χ4n) is 5.43. The first kappa shape index (κ1) is 26.6. The van der Waals surface area contributed by atoms with Crippen LogP contribution in [-0.2, 0) is 11.8 Å². The summed E-state index contributed by atoms with van der Waals surface area (Å²) < 4.78 is 7.84. The minimum atomic E-state index is -0.306. The Hall–Kier alpha value is -4.57. The van der Waals surface area contributed by atoms with E-state index in [4.69, 9.17) is 21.3 Å². The number of amides is 1. The molecule has 208 valence electrons.